The molecule has 0 aliphatic carbocycles. The Kier molecular flexibility index (Phi) is 12.4. The van der Waals surface area contributed by atoms with Gasteiger partial charge in [-0.25, -0.2) is 0 Å². The predicted molar refractivity (Wildman–Crippen MR) is 162 cm³/mol. The highest BCUT2D eigenvalue weighted by molar-refractivity contribution is 14.1. The van der Waals surface area contributed by atoms with Gasteiger partial charge in [-0.15, -0.1) is 0 Å². The maximum absolute atomic E-state index is 11.5. The van der Waals surface area contributed by atoms with E-state index < -0.39 is 25.2 Å². The molecule has 0 heterocycles. The van der Waals surface area contributed by atoms with Crippen LogP contribution >= 0.6 is 90.4 Å². The highest BCUT2D eigenvalue weighted by atomic mass is 127. The monoisotopic (exact) mass is 904 g/mol. The summed E-state index contributed by atoms with van der Waals surface area (Å²) >= 11 is 8.65. The zero-order valence-electron chi connectivity index (χ0n) is 17.6. The molecule has 2 aromatic rings. The number of aliphatic carboxylic acids is 1. The average molecular weight is 904 g/mol. The van der Waals surface area contributed by atoms with Crippen molar-refractivity contribution in [2.24, 2.45) is 4.99 Å². The lowest BCUT2D eigenvalue weighted by Crippen LogP contribution is -2.46. The molecule has 0 bridgehead atoms. The van der Waals surface area contributed by atoms with Crippen molar-refractivity contribution in [2.75, 3.05) is 13.7 Å². The van der Waals surface area contributed by atoms with Gasteiger partial charge in [0.2, 0.25) is 0 Å². The van der Waals surface area contributed by atoms with Gasteiger partial charge < -0.3 is 29.9 Å². The van der Waals surface area contributed by atoms with Crippen LogP contribution in [0.4, 0.5) is 0 Å². The summed E-state index contributed by atoms with van der Waals surface area (Å²) in [5.74, 6) is 0.944. The molecule has 33 heavy (non-hydrogen) atoms. The summed E-state index contributed by atoms with van der Waals surface area (Å²) in [7, 11) is 0.668. The van der Waals surface area contributed by atoms with Crippen LogP contribution < -0.4 is 14.7 Å². The molecular weight excluding hydrogens is 883 g/mol. The second-order valence-electron chi connectivity index (χ2n) is 6.93. The summed E-state index contributed by atoms with van der Waals surface area (Å²) < 4.78 is 15.3. The molecule has 4 N–H and O–H groups in total. The van der Waals surface area contributed by atoms with Crippen molar-refractivity contribution in [3.8, 4) is 17.2 Å². The number of nitrogens with zero attached hydrogens (tertiary/aromatic N) is 1. The molecule has 2 atom stereocenters. The number of ether oxygens (including phenoxy) is 2. The van der Waals surface area contributed by atoms with Gasteiger partial charge in [-0.05, 0) is 133 Å². The maximum atomic E-state index is 11.5. The molecule has 13 heteroatoms. The Bertz CT molecular complexity index is 978. The normalized spacial score (nSPS) is 13.1. The van der Waals surface area contributed by atoms with E-state index in [0.29, 0.717) is 17.2 Å². The number of carboxylic acids is 1. The highest BCUT2D eigenvalue weighted by Crippen LogP contribution is 2.37. The minimum atomic E-state index is -1.03. The Labute approximate surface area is 247 Å². The summed E-state index contributed by atoms with van der Waals surface area (Å²) in [6.07, 6.45) is 0.864. The van der Waals surface area contributed by atoms with Gasteiger partial charge in [-0.1, -0.05) is 0 Å². The first kappa shape index (κ1) is 29.3. The molecule has 178 valence electrons. The van der Waals surface area contributed by atoms with Gasteiger partial charge in [0.25, 0.3) is 0 Å². The largest absolute Gasteiger partial charge is 0.488 e. The summed E-state index contributed by atoms with van der Waals surface area (Å²) in [4.78, 5) is 15.3. The highest BCUT2D eigenvalue weighted by Gasteiger charge is 2.22. The number of halogens is 4. The van der Waals surface area contributed by atoms with Gasteiger partial charge in [0.15, 0.2) is 5.75 Å². The first-order valence-electron chi connectivity index (χ1n) is 9.56. The van der Waals surface area contributed by atoms with Crippen molar-refractivity contribution in [3.05, 3.63) is 44.1 Å². The number of aliphatic imine (C=N–C) groups is 1. The predicted octanol–water partition coefficient (Wildman–Crippen LogP) is 4.03. The lowest BCUT2D eigenvalue weighted by atomic mass is 9.86. The van der Waals surface area contributed by atoms with E-state index in [4.69, 9.17) is 9.47 Å². The van der Waals surface area contributed by atoms with Crippen LogP contribution in [0, 0.1) is 14.3 Å². The zero-order valence-corrected chi connectivity index (χ0v) is 26.2. The molecule has 2 aromatic carbocycles. The van der Waals surface area contributed by atoms with Gasteiger partial charge in [0.1, 0.15) is 30.3 Å². The van der Waals surface area contributed by atoms with Crippen LogP contribution in [0.3, 0.4) is 0 Å². The molecule has 0 aliphatic rings. The fourth-order valence-electron chi connectivity index (χ4n) is 2.81. The Morgan fingerprint density at radius 2 is 1.67 bits per heavy atom. The number of rotatable bonds is 11. The summed E-state index contributed by atoms with van der Waals surface area (Å²) in [6, 6.07) is 6.56. The van der Waals surface area contributed by atoms with Crippen LogP contribution in [0.2, 0.25) is 6.82 Å². The zero-order chi connectivity index (χ0) is 24.7. The van der Waals surface area contributed by atoms with E-state index in [0.717, 1.165) is 19.8 Å². The lowest BCUT2D eigenvalue weighted by Gasteiger charge is -2.18. The van der Waals surface area contributed by atoms with Crippen LogP contribution in [0.15, 0.2) is 29.3 Å². The number of hydrogen-bond acceptors (Lipinski definition) is 7. The minimum absolute atomic E-state index is 0.0993. The van der Waals surface area contributed by atoms with Gasteiger partial charge in [-0.3, -0.25) is 9.79 Å². The maximum Gasteiger partial charge on any atom is 0.374 e. The second-order valence-corrected chi connectivity index (χ2v) is 11.6. The molecular formula is C20H21BI4N2O6. The number of carbonyl (C=O) groups is 1. The first-order valence-corrected chi connectivity index (χ1v) is 13.9. The Morgan fingerprint density at radius 3 is 2.15 bits per heavy atom. The van der Waals surface area contributed by atoms with Crippen LogP contribution in [-0.2, 0) is 11.2 Å². The molecule has 0 radical (unpaired) electrons. The topological polar surface area (TPSA) is 121 Å². The Hall–Kier alpha value is 0.0449. The molecule has 0 spiro atoms. The van der Waals surface area contributed by atoms with Gasteiger partial charge in [0, 0.05) is 13.3 Å². The van der Waals surface area contributed by atoms with Crippen molar-refractivity contribution in [1.82, 2.24) is 5.23 Å². The molecule has 0 fully saturated rings. The van der Waals surface area contributed by atoms with E-state index in [9.17, 15) is 20.0 Å². The fourth-order valence-corrected chi connectivity index (χ4v) is 6.95. The number of aliphatic hydroxyl groups excluding tert-OH is 1. The van der Waals surface area contributed by atoms with E-state index in [1.54, 1.807) is 7.05 Å². The van der Waals surface area contributed by atoms with Gasteiger partial charge in [-0.2, -0.15) is 0 Å². The van der Waals surface area contributed by atoms with E-state index in [2.05, 4.69) is 101 Å². The number of benzene rings is 2. The Balaban J connectivity index is 2.21. The van der Waals surface area contributed by atoms with Crippen molar-refractivity contribution in [2.45, 2.75) is 25.4 Å². The van der Waals surface area contributed by atoms with Crippen LogP contribution in [0.1, 0.15) is 5.56 Å². The number of nitrogens with one attached hydrogen (secondary N) is 1. The summed E-state index contributed by atoms with van der Waals surface area (Å²) in [5, 5.41) is 31.3. The van der Waals surface area contributed by atoms with Gasteiger partial charge in [0.05, 0.1) is 14.3 Å². The molecule has 2 unspecified atom stereocenters. The lowest BCUT2D eigenvalue weighted by molar-refractivity contribution is -0.139. The molecule has 0 aromatic heterocycles. The van der Waals surface area contributed by atoms with Crippen LogP contribution in [0.25, 0.3) is 0 Å². The summed E-state index contributed by atoms with van der Waals surface area (Å²) in [6.45, 7) is 1.59. The van der Waals surface area contributed by atoms with Gasteiger partial charge >= 0.3 is 13.0 Å². The van der Waals surface area contributed by atoms with E-state index >= 15 is 0 Å². The number of aliphatic hydroxyl groups is 1. The van der Waals surface area contributed by atoms with Crippen LogP contribution in [0.5, 0.6) is 17.2 Å². The molecule has 2 rings (SSSR count). The average Bonchev–Trinajstić information content (AvgIpc) is 2.69. The van der Waals surface area contributed by atoms with E-state index in [-0.39, 0.29) is 13.0 Å². The standard InChI is InChI=1S/C20H21BI4N2O6/c1-21(31)27-17(20(29)30)5-10-3-13(22)19(14(23)4-10)33-12-6-15(24)18(16(25)7-12)32-9-11(28)8-26-2/h3-4,6-8,11,17,27-28,31H,5,9H2,1-2H3,(H,29,30)/b26-8+. The fraction of sp³-hybridized carbons (Fsp3) is 0.300. The van der Waals surface area contributed by atoms with Crippen molar-refractivity contribution < 1.29 is 29.5 Å². The quantitative estimate of drug-likeness (QED) is 0.153. The number of carboxylic acid groups (broad SMARTS) is 1. The third kappa shape index (κ3) is 9.21. The van der Waals surface area contributed by atoms with Crippen LogP contribution in [-0.4, -0.2) is 60.3 Å². The molecule has 8 nitrogen and oxygen atoms in total. The third-order valence-electron chi connectivity index (χ3n) is 4.15. The molecule has 0 saturated heterocycles. The smallest absolute Gasteiger partial charge is 0.374 e. The number of hydrogen-bond donors (Lipinski definition) is 4. The molecule has 0 saturated carbocycles. The molecule has 0 amide bonds. The van der Waals surface area contributed by atoms with Crippen molar-refractivity contribution >= 4 is 110 Å². The minimum Gasteiger partial charge on any atom is -0.488 e. The van der Waals surface area contributed by atoms with E-state index in [1.807, 2.05) is 24.3 Å². The summed E-state index contributed by atoms with van der Waals surface area (Å²) in [5.41, 5.74) is 0.818. The first-order chi connectivity index (χ1) is 15.5. The van der Waals surface area contributed by atoms with E-state index in [1.165, 1.54) is 13.0 Å². The van der Waals surface area contributed by atoms with Crippen molar-refractivity contribution in [1.29, 1.82) is 0 Å². The third-order valence-corrected chi connectivity index (χ3v) is 7.35. The Morgan fingerprint density at radius 1 is 1.12 bits per heavy atom. The van der Waals surface area contributed by atoms with Crippen molar-refractivity contribution in [3.63, 3.8) is 0 Å². The SMILES string of the molecule is C/N=C/C(O)COc1c(I)cc(Oc2c(I)cc(CC(NB(C)O)C(=O)O)cc2I)cc1I. The molecule has 0 aliphatic heterocycles. The second kappa shape index (κ2) is 14.0.